The molecule has 1 aliphatic carbocycles. The summed E-state index contributed by atoms with van der Waals surface area (Å²) in [7, 11) is 0. The molecule has 0 radical (unpaired) electrons. The Bertz CT molecular complexity index is 399. The van der Waals surface area contributed by atoms with E-state index in [0.717, 1.165) is 23.9 Å². The summed E-state index contributed by atoms with van der Waals surface area (Å²) in [5, 5.41) is 6.29. The largest absolute Gasteiger partial charge is 0.352 e. The van der Waals surface area contributed by atoms with Gasteiger partial charge in [0.15, 0.2) is 0 Å². The molecular weight excluding hydrogens is 304 g/mol. The van der Waals surface area contributed by atoms with Crippen LogP contribution in [-0.2, 0) is 11.3 Å². The molecule has 0 aliphatic heterocycles. The van der Waals surface area contributed by atoms with Crippen LogP contribution in [-0.4, -0.2) is 18.5 Å². The molecule has 4 heteroatoms. The second-order valence-corrected chi connectivity index (χ2v) is 6.05. The molecule has 2 N–H and O–H groups in total. The Balaban J connectivity index is 1.64. The maximum Gasteiger partial charge on any atom is 0.234 e. The van der Waals surface area contributed by atoms with Gasteiger partial charge in [0.25, 0.3) is 0 Å². The summed E-state index contributed by atoms with van der Waals surface area (Å²) in [4.78, 5) is 11.8. The summed E-state index contributed by atoms with van der Waals surface area (Å²) in [6.07, 6.45) is 6.08. The molecule has 1 aromatic carbocycles. The summed E-state index contributed by atoms with van der Waals surface area (Å²) < 4.78 is 1.08. The molecule has 0 unspecified atom stereocenters. The predicted molar refractivity (Wildman–Crippen MR) is 80.9 cm³/mol. The number of hydrogen-bond acceptors (Lipinski definition) is 2. The highest BCUT2D eigenvalue weighted by Gasteiger charge is 2.14. The molecule has 3 nitrogen and oxygen atoms in total. The quantitative estimate of drug-likeness (QED) is 0.874. The average Bonchev–Trinajstić information content (AvgIpc) is 2.42. The van der Waals surface area contributed by atoms with E-state index in [9.17, 15) is 4.79 Å². The summed E-state index contributed by atoms with van der Waals surface area (Å²) >= 11 is 3.41. The molecule has 0 atom stereocenters. The van der Waals surface area contributed by atoms with Crippen molar-refractivity contribution in [1.82, 2.24) is 10.6 Å². The van der Waals surface area contributed by atoms with E-state index < -0.39 is 0 Å². The van der Waals surface area contributed by atoms with Crippen molar-refractivity contribution in [2.45, 2.75) is 44.7 Å². The lowest BCUT2D eigenvalue weighted by molar-refractivity contribution is -0.121. The minimum Gasteiger partial charge on any atom is -0.352 e. The van der Waals surface area contributed by atoms with Gasteiger partial charge < -0.3 is 10.6 Å². The zero-order valence-corrected chi connectivity index (χ0v) is 12.7. The van der Waals surface area contributed by atoms with Gasteiger partial charge in [-0.3, -0.25) is 4.79 Å². The fourth-order valence-corrected chi connectivity index (χ4v) is 2.71. The van der Waals surface area contributed by atoms with Crippen LogP contribution in [0.25, 0.3) is 0 Å². The SMILES string of the molecule is O=C(CNCc1ccc(Br)cc1)NC1CCCCC1. The van der Waals surface area contributed by atoms with E-state index in [1.54, 1.807) is 0 Å². The number of halogens is 1. The zero-order chi connectivity index (χ0) is 13.5. The third-order valence-corrected chi connectivity index (χ3v) is 4.03. The van der Waals surface area contributed by atoms with Crippen LogP contribution in [0.3, 0.4) is 0 Å². The predicted octanol–water partition coefficient (Wildman–Crippen LogP) is 2.99. The van der Waals surface area contributed by atoms with Gasteiger partial charge in [0.2, 0.25) is 5.91 Å². The van der Waals surface area contributed by atoms with Crippen LogP contribution in [0.1, 0.15) is 37.7 Å². The smallest absolute Gasteiger partial charge is 0.234 e. The van der Waals surface area contributed by atoms with Gasteiger partial charge in [0, 0.05) is 17.1 Å². The third-order valence-electron chi connectivity index (χ3n) is 3.50. The molecular formula is C15H21BrN2O. The van der Waals surface area contributed by atoms with Gasteiger partial charge >= 0.3 is 0 Å². The summed E-state index contributed by atoms with van der Waals surface area (Å²) in [5.41, 5.74) is 1.19. The summed E-state index contributed by atoms with van der Waals surface area (Å²) in [6, 6.07) is 8.53. The maximum atomic E-state index is 11.8. The molecule has 0 spiro atoms. The van der Waals surface area contributed by atoms with Crippen molar-refractivity contribution in [2.24, 2.45) is 0 Å². The van der Waals surface area contributed by atoms with Crippen molar-refractivity contribution >= 4 is 21.8 Å². The summed E-state index contributed by atoms with van der Waals surface area (Å²) in [5.74, 6) is 0.115. The number of hydrogen-bond donors (Lipinski definition) is 2. The average molecular weight is 325 g/mol. The highest BCUT2D eigenvalue weighted by molar-refractivity contribution is 9.10. The number of carbonyl (C=O) groups is 1. The monoisotopic (exact) mass is 324 g/mol. The Hall–Kier alpha value is -0.870. The van der Waals surface area contributed by atoms with Crippen molar-refractivity contribution in [3.63, 3.8) is 0 Å². The van der Waals surface area contributed by atoms with Gasteiger partial charge in [-0.25, -0.2) is 0 Å². The Labute approximate surface area is 123 Å². The molecule has 1 amide bonds. The van der Waals surface area contributed by atoms with E-state index in [4.69, 9.17) is 0 Å². The Morgan fingerprint density at radius 3 is 2.53 bits per heavy atom. The van der Waals surface area contributed by atoms with Crippen LogP contribution < -0.4 is 10.6 Å². The first-order chi connectivity index (χ1) is 9.24. The number of rotatable bonds is 5. The molecule has 0 bridgehead atoms. The minimum atomic E-state index is 0.115. The number of amides is 1. The molecule has 19 heavy (non-hydrogen) atoms. The third kappa shape index (κ3) is 5.33. The first-order valence-electron chi connectivity index (χ1n) is 6.98. The van der Waals surface area contributed by atoms with E-state index in [1.807, 2.05) is 12.1 Å². The molecule has 0 heterocycles. The highest BCUT2D eigenvalue weighted by atomic mass is 79.9. The van der Waals surface area contributed by atoms with Crippen LogP contribution in [0.5, 0.6) is 0 Å². The maximum absolute atomic E-state index is 11.8. The van der Waals surface area contributed by atoms with Crippen molar-refractivity contribution in [3.05, 3.63) is 34.3 Å². The molecule has 1 saturated carbocycles. The van der Waals surface area contributed by atoms with Crippen LogP contribution >= 0.6 is 15.9 Å². The molecule has 0 saturated heterocycles. The normalized spacial score (nSPS) is 16.3. The zero-order valence-electron chi connectivity index (χ0n) is 11.1. The van der Waals surface area contributed by atoms with Crippen molar-refractivity contribution < 1.29 is 4.79 Å². The molecule has 1 aliphatic rings. The lowest BCUT2D eigenvalue weighted by Crippen LogP contribution is -2.41. The molecule has 1 aromatic rings. The van der Waals surface area contributed by atoms with Crippen LogP contribution in [0, 0.1) is 0 Å². The lowest BCUT2D eigenvalue weighted by atomic mass is 9.95. The Morgan fingerprint density at radius 2 is 1.84 bits per heavy atom. The van der Waals surface area contributed by atoms with Crippen molar-refractivity contribution in [3.8, 4) is 0 Å². The summed E-state index contributed by atoms with van der Waals surface area (Å²) in [6.45, 7) is 1.12. The van der Waals surface area contributed by atoms with E-state index in [-0.39, 0.29) is 5.91 Å². The molecule has 0 aromatic heterocycles. The first-order valence-corrected chi connectivity index (χ1v) is 7.78. The Kier molecular flexibility index (Phi) is 5.86. The fraction of sp³-hybridized carbons (Fsp3) is 0.533. The first kappa shape index (κ1) is 14.5. The van der Waals surface area contributed by atoms with Gasteiger partial charge in [-0.05, 0) is 30.5 Å². The van der Waals surface area contributed by atoms with Gasteiger partial charge in [-0.1, -0.05) is 47.3 Å². The topological polar surface area (TPSA) is 41.1 Å². The van der Waals surface area contributed by atoms with E-state index in [0.29, 0.717) is 12.6 Å². The standard InChI is InChI=1S/C15H21BrN2O/c16-13-8-6-12(7-9-13)10-17-11-15(19)18-14-4-2-1-3-5-14/h6-9,14,17H,1-5,10-11H2,(H,18,19). The number of nitrogens with one attached hydrogen (secondary N) is 2. The van der Waals surface area contributed by atoms with Crippen LogP contribution in [0.4, 0.5) is 0 Å². The molecule has 2 rings (SSSR count). The number of benzene rings is 1. The van der Waals surface area contributed by atoms with Crippen LogP contribution in [0.15, 0.2) is 28.7 Å². The fourth-order valence-electron chi connectivity index (χ4n) is 2.45. The second kappa shape index (κ2) is 7.65. The van der Waals surface area contributed by atoms with Gasteiger partial charge in [-0.15, -0.1) is 0 Å². The molecule has 1 fully saturated rings. The Morgan fingerprint density at radius 1 is 1.16 bits per heavy atom. The van der Waals surface area contributed by atoms with Gasteiger partial charge in [0.1, 0.15) is 0 Å². The number of carbonyl (C=O) groups excluding carboxylic acids is 1. The van der Waals surface area contributed by atoms with E-state index >= 15 is 0 Å². The van der Waals surface area contributed by atoms with E-state index in [2.05, 4.69) is 38.7 Å². The van der Waals surface area contributed by atoms with Gasteiger partial charge in [0.05, 0.1) is 6.54 Å². The van der Waals surface area contributed by atoms with Crippen molar-refractivity contribution in [2.75, 3.05) is 6.54 Å². The van der Waals surface area contributed by atoms with Gasteiger partial charge in [-0.2, -0.15) is 0 Å². The lowest BCUT2D eigenvalue weighted by Gasteiger charge is -2.22. The minimum absolute atomic E-state index is 0.115. The van der Waals surface area contributed by atoms with E-state index in [1.165, 1.54) is 24.8 Å². The second-order valence-electron chi connectivity index (χ2n) is 5.13. The van der Waals surface area contributed by atoms with Crippen molar-refractivity contribution in [1.29, 1.82) is 0 Å². The van der Waals surface area contributed by atoms with Crippen LogP contribution in [0.2, 0.25) is 0 Å². The highest BCUT2D eigenvalue weighted by Crippen LogP contribution is 2.17. The molecule has 104 valence electrons.